The van der Waals surface area contributed by atoms with Crippen LogP contribution in [0.3, 0.4) is 0 Å². The first-order chi connectivity index (χ1) is 14.6. The first-order valence-electron chi connectivity index (χ1n) is 9.92. The number of carbonyl (C=O) groups excluding carboxylic acids is 1. The fraction of sp³-hybridized carbons (Fsp3) is 0.364. The summed E-state index contributed by atoms with van der Waals surface area (Å²) in [4.78, 5) is 22.5. The van der Waals surface area contributed by atoms with Crippen molar-refractivity contribution in [3.8, 4) is 17.2 Å². The molecule has 0 atom stereocenters. The van der Waals surface area contributed by atoms with Gasteiger partial charge in [0, 0.05) is 37.6 Å². The van der Waals surface area contributed by atoms with Gasteiger partial charge in [0.1, 0.15) is 0 Å². The van der Waals surface area contributed by atoms with E-state index in [9.17, 15) is 4.79 Å². The second-order valence-electron chi connectivity index (χ2n) is 7.25. The summed E-state index contributed by atoms with van der Waals surface area (Å²) in [5.41, 5.74) is 3.90. The normalized spacial score (nSPS) is 14.6. The second-order valence-corrected chi connectivity index (χ2v) is 7.25. The number of rotatable bonds is 5. The molecule has 4 rings (SSSR count). The van der Waals surface area contributed by atoms with E-state index in [0.717, 1.165) is 23.9 Å². The van der Waals surface area contributed by atoms with Crippen LogP contribution in [0.2, 0.25) is 0 Å². The number of nitrogens with zero attached hydrogens (tertiary/aromatic N) is 2. The van der Waals surface area contributed by atoms with Crippen LogP contribution in [-0.2, 0) is 0 Å². The summed E-state index contributed by atoms with van der Waals surface area (Å²) in [6.07, 6.45) is 5.66. The number of ether oxygens (including phenoxy) is 3. The molecule has 0 bridgehead atoms. The summed E-state index contributed by atoms with van der Waals surface area (Å²) >= 11 is 0. The zero-order valence-electron chi connectivity index (χ0n) is 17.4. The van der Waals surface area contributed by atoms with Gasteiger partial charge >= 0.3 is 6.03 Å². The fourth-order valence-corrected chi connectivity index (χ4v) is 4.04. The average molecular weight is 410 g/mol. The summed E-state index contributed by atoms with van der Waals surface area (Å²) in [7, 11) is 4.65. The molecule has 0 spiro atoms. The summed E-state index contributed by atoms with van der Waals surface area (Å²) in [6.45, 7) is 1.36. The average Bonchev–Trinajstić information content (AvgIpc) is 3.22. The molecule has 1 fully saturated rings. The monoisotopic (exact) mass is 410 g/mol. The number of amides is 2. The van der Waals surface area contributed by atoms with Gasteiger partial charge in [-0.25, -0.2) is 4.79 Å². The maximum atomic E-state index is 12.8. The lowest BCUT2D eigenvalue weighted by atomic mass is 9.90. The minimum absolute atomic E-state index is 0.139. The first kappa shape index (κ1) is 19.9. The largest absolute Gasteiger partial charge is 0.493 e. The van der Waals surface area contributed by atoms with Crippen LogP contribution in [-0.4, -0.2) is 55.3 Å². The van der Waals surface area contributed by atoms with Crippen molar-refractivity contribution in [2.45, 2.75) is 18.8 Å². The van der Waals surface area contributed by atoms with Crippen molar-refractivity contribution in [2.75, 3.05) is 39.7 Å². The predicted octanol–water partition coefficient (Wildman–Crippen LogP) is 4.00. The van der Waals surface area contributed by atoms with E-state index >= 15 is 0 Å². The molecule has 3 aromatic rings. The molecule has 1 aromatic carbocycles. The minimum Gasteiger partial charge on any atom is -0.493 e. The third-order valence-corrected chi connectivity index (χ3v) is 5.60. The van der Waals surface area contributed by atoms with Gasteiger partial charge in [-0.05, 0) is 36.5 Å². The molecule has 158 valence electrons. The van der Waals surface area contributed by atoms with E-state index in [2.05, 4.69) is 15.3 Å². The molecule has 0 radical (unpaired) electrons. The molecule has 1 aliphatic rings. The Morgan fingerprint density at radius 1 is 1.13 bits per heavy atom. The van der Waals surface area contributed by atoms with Crippen LogP contribution in [0.5, 0.6) is 17.2 Å². The number of benzene rings is 1. The zero-order valence-corrected chi connectivity index (χ0v) is 17.4. The number of methoxy groups -OCH3 is 3. The van der Waals surface area contributed by atoms with Crippen LogP contribution in [0.15, 0.2) is 36.7 Å². The summed E-state index contributed by atoms with van der Waals surface area (Å²) < 4.78 is 16.0. The predicted molar refractivity (Wildman–Crippen MR) is 115 cm³/mol. The molecule has 3 heterocycles. The molecule has 2 aromatic heterocycles. The van der Waals surface area contributed by atoms with Crippen LogP contribution in [0.4, 0.5) is 10.5 Å². The zero-order chi connectivity index (χ0) is 21.1. The van der Waals surface area contributed by atoms with Gasteiger partial charge in [-0.1, -0.05) is 0 Å². The van der Waals surface area contributed by atoms with Crippen molar-refractivity contribution in [1.82, 2.24) is 14.9 Å². The van der Waals surface area contributed by atoms with E-state index in [0.29, 0.717) is 41.9 Å². The van der Waals surface area contributed by atoms with Crippen LogP contribution >= 0.6 is 0 Å². The number of anilines is 1. The first-order valence-corrected chi connectivity index (χ1v) is 9.92. The number of aromatic amines is 1. The van der Waals surface area contributed by atoms with E-state index in [1.807, 2.05) is 29.4 Å². The standard InChI is InChI=1S/C22H26N4O4/c1-28-18-11-15(12-19(29-2)21(18)30-3)25-22(27)26-9-6-14(7-10-26)16-13-24-17-5-4-8-23-20(16)17/h4-5,8,11-14,24H,6-7,9-10H2,1-3H3,(H,25,27). The smallest absolute Gasteiger partial charge is 0.321 e. The van der Waals surface area contributed by atoms with Gasteiger partial charge in [-0.2, -0.15) is 0 Å². The Balaban J connectivity index is 1.42. The number of hydrogen-bond donors (Lipinski definition) is 2. The van der Waals surface area contributed by atoms with E-state index in [1.165, 1.54) is 5.56 Å². The molecule has 30 heavy (non-hydrogen) atoms. The number of H-pyrrole nitrogens is 1. The van der Waals surface area contributed by atoms with Crippen molar-refractivity contribution < 1.29 is 19.0 Å². The number of aromatic nitrogens is 2. The maximum Gasteiger partial charge on any atom is 0.321 e. The molecule has 1 aliphatic heterocycles. The number of piperidine rings is 1. The number of fused-ring (bicyclic) bond motifs is 1. The van der Waals surface area contributed by atoms with Gasteiger partial charge in [0.2, 0.25) is 5.75 Å². The summed E-state index contributed by atoms with van der Waals surface area (Å²) in [5, 5.41) is 2.94. The topological polar surface area (TPSA) is 88.7 Å². The molecule has 1 saturated heterocycles. The molecule has 2 N–H and O–H groups in total. The van der Waals surface area contributed by atoms with Gasteiger partial charge in [0.25, 0.3) is 0 Å². The van der Waals surface area contributed by atoms with E-state index < -0.39 is 0 Å². The molecule has 8 heteroatoms. The van der Waals surface area contributed by atoms with Gasteiger partial charge in [0.15, 0.2) is 11.5 Å². The Labute approximate surface area is 175 Å². The van der Waals surface area contributed by atoms with Crippen LogP contribution in [0.1, 0.15) is 24.3 Å². The van der Waals surface area contributed by atoms with Gasteiger partial charge < -0.3 is 29.4 Å². The minimum atomic E-state index is -0.139. The Morgan fingerprint density at radius 3 is 2.47 bits per heavy atom. The number of hydrogen-bond acceptors (Lipinski definition) is 5. The number of nitrogens with one attached hydrogen (secondary N) is 2. The summed E-state index contributed by atoms with van der Waals surface area (Å²) in [6, 6.07) is 7.28. The SMILES string of the molecule is COc1cc(NC(=O)N2CCC(c3c[nH]c4cccnc34)CC2)cc(OC)c1OC. The van der Waals surface area contributed by atoms with Gasteiger partial charge in [-0.15, -0.1) is 0 Å². The quantitative estimate of drug-likeness (QED) is 0.664. The highest BCUT2D eigenvalue weighted by atomic mass is 16.5. The maximum absolute atomic E-state index is 12.8. The van der Waals surface area contributed by atoms with Gasteiger partial charge in [-0.3, -0.25) is 4.98 Å². The van der Waals surface area contributed by atoms with Crippen LogP contribution in [0.25, 0.3) is 11.0 Å². The highest BCUT2D eigenvalue weighted by molar-refractivity contribution is 5.90. The fourth-order valence-electron chi connectivity index (χ4n) is 4.04. The highest BCUT2D eigenvalue weighted by Gasteiger charge is 2.26. The van der Waals surface area contributed by atoms with Crippen LogP contribution in [0, 0.1) is 0 Å². The Hall–Kier alpha value is -3.42. The van der Waals surface area contributed by atoms with Crippen molar-refractivity contribution in [3.05, 3.63) is 42.2 Å². The van der Waals surface area contributed by atoms with E-state index in [-0.39, 0.29) is 6.03 Å². The van der Waals surface area contributed by atoms with Gasteiger partial charge in [0.05, 0.1) is 38.1 Å². The molecule has 0 unspecified atom stereocenters. The summed E-state index contributed by atoms with van der Waals surface area (Å²) in [5.74, 6) is 1.88. The molecule has 0 saturated carbocycles. The second kappa shape index (κ2) is 8.52. The Morgan fingerprint density at radius 2 is 1.83 bits per heavy atom. The van der Waals surface area contributed by atoms with Crippen LogP contribution < -0.4 is 19.5 Å². The number of likely N-dealkylation sites (tertiary alicyclic amines) is 1. The lowest BCUT2D eigenvalue weighted by Gasteiger charge is -2.32. The number of carbonyl (C=O) groups is 1. The Bertz CT molecular complexity index is 1020. The third kappa shape index (κ3) is 3.72. The Kier molecular flexibility index (Phi) is 5.65. The molecular weight excluding hydrogens is 384 g/mol. The molecular formula is C22H26N4O4. The molecule has 8 nitrogen and oxygen atoms in total. The van der Waals surface area contributed by atoms with Crippen molar-refractivity contribution in [2.24, 2.45) is 0 Å². The lowest BCUT2D eigenvalue weighted by molar-refractivity contribution is 0.194. The highest BCUT2D eigenvalue weighted by Crippen LogP contribution is 2.40. The van der Waals surface area contributed by atoms with E-state index in [1.54, 1.807) is 33.5 Å². The third-order valence-electron chi connectivity index (χ3n) is 5.60. The van der Waals surface area contributed by atoms with Crippen molar-refractivity contribution in [3.63, 3.8) is 0 Å². The molecule has 0 aliphatic carbocycles. The number of urea groups is 1. The lowest BCUT2D eigenvalue weighted by Crippen LogP contribution is -2.40. The van der Waals surface area contributed by atoms with E-state index in [4.69, 9.17) is 14.2 Å². The number of pyridine rings is 1. The molecule has 2 amide bonds. The van der Waals surface area contributed by atoms with Crippen molar-refractivity contribution >= 4 is 22.8 Å². The van der Waals surface area contributed by atoms with Crippen molar-refractivity contribution in [1.29, 1.82) is 0 Å².